The number of benzene rings is 2. The molecule has 9 heteroatoms. The number of nitriles is 1. The van der Waals surface area contributed by atoms with Gasteiger partial charge in [0.1, 0.15) is 18.1 Å². The quantitative estimate of drug-likeness (QED) is 0.515. The number of hydrogen-bond acceptors (Lipinski definition) is 6. The first-order valence-electron chi connectivity index (χ1n) is 9.49. The van der Waals surface area contributed by atoms with Crippen molar-refractivity contribution in [2.75, 3.05) is 6.61 Å². The summed E-state index contributed by atoms with van der Waals surface area (Å²) >= 11 is 6.16. The Balaban J connectivity index is 1.69. The summed E-state index contributed by atoms with van der Waals surface area (Å²) in [4.78, 5) is 27.7. The van der Waals surface area contributed by atoms with E-state index in [1.807, 2.05) is 18.2 Å². The zero-order valence-corrected chi connectivity index (χ0v) is 17.6. The van der Waals surface area contributed by atoms with E-state index in [0.717, 1.165) is 5.56 Å². The van der Waals surface area contributed by atoms with Crippen molar-refractivity contribution >= 4 is 23.4 Å². The van der Waals surface area contributed by atoms with E-state index < -0.39 is 5.91 Å². The molecule has 32 heavy (non-hydrogen) atoms. The number of rotatable bonds is 9. The van der Waals surface area contributed by atoms with Gasteiger partial charge >= 0.3 is 0 Å². The second-order valence-corrected chi connectivity index (χ2v) is 7.13. The average molecular weight is 451 g/mol. The van der Waals surface area contributed by atoms with E-state index in [1.165, 1.54) is 12.1 Å². The lowest BCUT2D eigenvalue weighted by Crippen LogP contribution is -2.24. The van der Waals surface area contributed by atoms with Gasteiger partial charge < -0.3 is 20.5 Å². The first-order chi connectivity index (χ1) is 15.4. The lowest BCUT2D eigenvalue weighted by Gasteiger charge is -2.13. The molecule has 8 nitrogen and oxygen atoms in total. The SMILES string of the molecule is N#Cc1ccc(CNC(=O)c2cc(Cl)cc(OCc3ccncc3)c2)c(OCC(N)=O)c1. The summed E-state index contributed by atoms with van der Waals surface area (Å²) in [7, 11) is 0. The second-order valence-electron chi connectivity index (χ2n) is 6.69. The van der Waals surface area contributed by atoms with E-state index >= 15 is 0 Å². The molecule has 1 heterocycles. The largest absolute Gasteiger partial charge is 0.489 e. The zero-order valence-electron chi connectivity index (χ0n) is 16.9. The van der Waals surface area contributed by atoms with Crippen LogP contribution in [0, 0.1) is 11.3 Å². The summed E-state index contributed by atoms with van der Waals surface area (Å²) in [6.07, 6.45) is 3.33. The van der Waals surface area contributed by atoms with Crippen LogP contribution in [0.2, 0.25) is 5.02 Å². The van der Waals surface area contributed by atoms with Crippen LogP contribution >= 0.6 is 11.6 Å². The zero-order chi connectivity index (χ0) is 22.9. The highest BCUT2D eigenvalue weighted by atomic mass is 35.5. The lowest BCUT2D eigenvalue weighted by atomic mass is 10.1. The molecule has 2 amide bonds. The molecule has 2 aromatic carbocycles. The Hall–Kier alpha value is -4.09. The normalized spacial score (nSPS) is 10.1. The minimum absolute atomic E-state index is 0.0956. The van der Waals surface area contributed by atoms with E-state index in [4.69, 9.17) is 32.1 Å². The molecule has 3 rings (SSSR count). The number of nitrogens with two attached hydrogens (primary N) is 1. The van der Waals surface area contributed by atoms with E-state index in [1.54, 1.807) is 36.7 Å². The molecule has 0 bridgehead atoms. The van der Waals surface area contributed by atoms with Crippen molar-refractivity contribution in [3.8, 4) is 17.6 Å². The highest BCUT2D eigenvalue weighted by molar-refractivity contribution is 6.31. The van der Waals surface area contributed by atoms with E-state index in [-0.39, 0.29) is 24.8 Å². The molecule has 0 unspecified atom stereocenters. The molecule has 1 aromatic heterocycles. The molecule has 3 N–H and O–H groups in total. The molecule has 0 atom stereocenters. The predicted molar refractivity (Wildman–Crippen MR) is 117 cm³/mol. The van der Waals surface area contributed by atoms with Crippen LogP contribution < -0.4 is 20.5 Å². The molecule has 0 fully saturated rings. The van der Waals surface area contributed by atoms with Gasteiger partial charge in [0.15, 0.2) is 6.61 Å². The van der Waals surface area contributed by atoms with Gasteiger partial charge in [0.25, 0.3) is 11.8 Å². The maximum Gasteiger partial charge on any atom is 0.255 e. The van der Waals surface area contributed by atoms with Crippen LogP contribution in [0.5, 0.6) is 11.5 Å². The first-order valence-corrected chi connectivity index (χ1v) is 9.87. The highest BCUT2D eigenvalue weighted by Crippen LogP contribution is 2.23. The third-order valence-corrected chi connectivity index (χ3v) is 4.51. The lowest BCUT2D eigenvalue weighted by molar-refractivity contribution is -0.119. The van der Waals surface area contributed by atoms with Gasteiger partial charge in [-0.2, -0.15) is 5.26 Å². The number of ether oxygens (including phenoxy) is 2. The number of nitrogens with one attached hydrogen (secondary N) is 1. The fourth-order valence-electron chi connectivity index (χ4n) is 2.75. The van der Waals surface area contributed by atoms with Crippen LogP contribution in [-0.2, 0) is 17.9 Å². The third-order valence-electron chi connectivity index (χ3n) is 4.29. The number of aromatic nitrogens is 1. The molecule has 0 aliphatic carbocycles. The molecule has 162 valence electrons. The van der Waals surface area contributed by atoms with Gasteiger partial charge in [-0.25, -0.2) is 0 Å². The summed E-state index contributed by atoms with van der Waals surface area (Å²) in [5.41, 5.74) is 7.30. The van der Waals surface area contributed by atoms with Crippen LogP contribution in [0.3, 0.4) is 0 Å². The van der Waals surface area contributed by atoms with Crippen molar-refractivity contribution in [1.82, 2.24) is 10.3 Å². The average Bonchev–Trinajstić information content (AvgIpc) is 2.80. The maximum absolute atomic E-state index is 12.7. The first kappa shape index (κ1) is 22.6. The van der Waals surface area contributed by atoms with Gasteiger partial charge in [0.2, 0.25) is 0 Å². The van der Waals surface area contributed by atoms with Gasteiger partial charge in [0, 0.05) is 35.1 Å². The molecule has 3 aromatic rings. The van der Waals surface area contributed by atoms with Crippen LogP contribution in [0.15, 0.2) is 60.9 Å². The van der Waals surface area contributed by atoms with Crippen LogP contribution in [-0.4, -0.2) is 23.4 Å². The standard InChI is InChI=1S/C23H19ClN4O4/c24-19-8-18(9-20(10-19)31-13-15-3-5-27-6-4-15)23(30)28-12-17-2-1-16(11-25)7-21(17)32-14-22(26)29/h1-10H,12-14H2,(H2,26,29)(H,28,30). The number of nitrogens with zero attached hydrogens (tertiary/aromatic N) is 2. The van der Waals surface area contributed by atoms with Crippen molar-refractivity contribution in [1.29, 1.82) is 5.26 Å². The number of pyridine rings is 1. The Bertz CT molecular complexity index is 1160. The number of halogens is 1. The summed E-state index contributed by atoms with van der Waals surface area (Å²) < 4.78 is 11.1. The Morgan fingerprint density at radius 3 is 2.59 bits per heavy atom. The van der Waals surface area contributed by atoms with Crippen molar-refractivity contribution in [3.63, 3.8) is 0 Å². The summed E-state index contributed by atoms with van der Waals surface area (Å²) in [6, 6.07) is 15.1. The molecule has 0 saturated carbocycles. The van der Waals surface area contributed by atoms with Gasteiger partial charge in [0.05, 0.1) is 11.6 Å². The molecule has 0 radical (unpaired) electrons. The van der Waals surface area contributed by atoms with Crippen LogP contribution in [0.25, 0.3) is 0 Å². The number of amides is 2. The number of carbonyl (C=O) groups excluding carboxylic acids is 2. The van der Waals surface area contributed by atoms with E-state index in [0.29, 0.717) is 34.1 Å². The Labute approximate surface area is 189 Å². The molecular weight excluding hydrogens is 432 g/mol. The number of hydrogen-bond donors (Lipinski definition) is 2. The predicted octanol–water partition coefficient (Wildman–Crippen LogP) is 2.98. The van der Waals surface area contributed by atoms with Gasteiger partial charge in [-0.1, -0.05) is 17.7 Å². The van der Waals surface area contributed by atoms with Gasteiger partial charge in [-0.3, -0.25) is 14.6 Å². The molecule has 0 spiro atoms. The minimum Gasteiger partial charge on any atom is -0.489 e. The van der Waals surface area contributed by atoms with E-state index in [9.17, 15) is 9.59 Å². The second kappa shape index (κ2) is 10.8. The van der Waals surface area contributed by atoms with Crippen molar-refractivity contribution in [3.05, 3.63) is 88.2 Å². The van der Waals surface area contributed by atoms with Gasteiger partial charge in [-0.05, 0) is 48.0 Å². The third kappa shape index (κ3) is 6.45. The number of carbonyl (C=O) groups is 2. The van der Waals surface area contributed by atoms with Crippen molar-refractivity contribution in [2.24, 2.45) is 5.73 Å². The fourth-order valence-corrected chi connectivity index (χ4v) is 2.98. The van der Waals surface area contributed by atoms with Crippen LogP contribution in [0.1, 0.15) is 27.0 Å². The smallest absolute Gasteiger partial charge is 0.255 e. The molecule has 0 saturated heterocycles. The van der Waals surface area contributed by atoms with E-state index in [2.05, 4.69) is 10.3 Å². The van der Waals surface area contributed by atoms with Crippen LogP contribution in [0.4, 0.5) is 0 Å². The molecular formula is C23H19ClN4O4. The summed E-state index contributed by atoms with van der Waals surface area (Å²) in [6.45, 7) is 0.0520. The monoisotopic (exact) mass is 450 g/mol. The Kier molecular flexibility index (Phi) is 7.62. The van der Waals surface area contributed by atoms with Gasteiger partial charge in [-0.15, -0.1) is 0 Å². The Morgan fingerprint density at radius 2 is 1.88 bits per heavy atom. The summed E-state index contributed by atoms with van der Waals surface area (Å²) in [5, 5.41) is 12.2. The molecule has 0 aliphatic heterocycles. The van der Waals surface area contributed by atoms with Crippen molar-refractivity contribution in [2.45, 2.75) is 13.2 Å². The maximum atomic E-state index is 12.7. The highest BCUT2D eigenvalue weighted by Gasteiger charge is 2.12. The Morgan fingerprint density at radius 1 is 1.09 bits per heavy atom. The molecule has 0 aliphatic rings. The fraction of sp³-hybridized carbons (Fsp3) is 0.130. The van der Waals surface area contributed by atoms with Crippen molar-refractivity contribution < 1.29 is 19.1 Å². The minimum atomic E-state index is -0.652. The number of primary amides is 1. The summed E-state index contributed by atoms with van der Waals surface area (Å²) in [5.74, 6) is -0.300. The topological polar surface area (TPSA) is 127 Å².